The zero-order chi connectivity index (χ0) is 16.9. The molecule has 0 radical (unpaired) electrons. The molecule has 1 N–H and O–H groups in total. The topological polar surface area (TPSA) is 54.7 Å². The SMILES string of the molecule is COCCN1CCC[C@H](CNC(=O)c2ccc3oc(C)cc3c2)C1. The van der Waals surface area contributed by atoms with Gasteiger partial charge >= 0.3 is 0 Å². The molecule has 1 fully saturated rings. The lowest BCUT2D eigenvalue weighted by atomic mass is 9.98. The average Bonchev–Trinajstić information content (AvgIpc) is 2.97. The Morgan fingerprint density at radius 2 is 2.29 bits per heavy atom. The second-order valence-corrected chi connectivity index (χ2v) is 6.62. The van der Waals surface area contributed by atoms with Gasteiger partial charge in [0.15, 0.2) is 0 Å². The molecule has 1 aromatic heterocycles. The van der Waals surface area contributed by atoms with Gasteiger partial charge in [-0.15, -0.1) is 0 Å². The quantitative estimate of drug-likeness (QED) is 0.885. The van der Waals surface area contributed by atoms with E-state index in [2.05, 4.69) is 10.2 Å². The number of piperidine rings is 1. The number of nitrogens with one attached hydrogen (secondary N) is 1. The van der Waals surface area contributed by atoms with Crippen LogP contribution in [-0.4, -0.2) is 50.7 Å². The van der Waals surface area contributed by atoms with E-state index in [0.717, 1.165) is 49.5 Å². The Morgan fingerprint density at radius 1 is 1.42 bits per heavy atom. The molecular weight excluding hydrogens is 304 g/mol. The van der Waals surface area contributed by atoms with Crippen LogP contribution in [0.1, 0.15) is 29.0 Å². The van der Waals surface area contributed by atoms with Crippen molar-refractivity contribution in [1.29, 1.82) is 0 Å². The predicted octanol–water partition coefficient (Wildman–Crippen LogP) is 2.83. The third-order valence-electron chi connectivity index (χ3n) is 4.67. The smallest absolute Gasteiger partial charge is 0.251 e. The van der Waals surface area contributed by atoms with E-state index in [4.69, 9.17) is 9.15 Å². The summed E-state index contributed by atoms with van der Waals surface area (Å²) in [5.74, 6) is 1.37. The van der Waals surface area contributed by atoms with Crippen molar-refractivity contribution in [1.82, 2.24) is 10.2 Å². The lowest BCUT2D eigenvalue weighted by molar-refractivity contribution is 0.0913. The van der Waals surface area contributed by atoms with Gasteiger partial charge in [0.05, 0.1) is 6.61 Å². The number of aryl methyl sites for hydroxylation is 1. The van der Waals surface area contributed by atoms with Gasteiger partial charge in [0.1, 0.15) is 11.3 Å². The molecule has 1 atom stereocenters. The normalized spacial score (nSPS) is 18.8. The maximum atomic E-state index is 12.4. The highest BCUT2D eigenvalue weighted by molar-refractivity contribution is 5.97. The summed E-state index contributed by atoms with van der Waals surface area (Å²) in [5, 5.41) is 4.06. The summed E-state index contributed by atoms with van der Waals surface area (Å²) >= 11 is 0. The molecule has 0 bridgehead atoms. The van der Waals surface area contributed by atoms with E-state index < -0.39 is 0 Å². The van der Waals surface area contributed by atoms with Crippen LogP contribution in [0.3, 0.4) is 0 Å². The molecule has 1 saturated heterocycles. The van der Waals surface area contributed by atoms with Gasteiger partial charge in [-0.25, -0.2) is 0 Å². The number of furan rings is 1. The fraction of sp³-hybridized carbons (Fsp3) is 0.526. The highest BCUT2D eigenvalue weighted by Crippen LogP contribution is 2.20. The molecule has 1 aromatic carbocycles. The van der Waals surface area contributed by atoms with E-state index in [9.17, 15) is 4.79 Å². The Morgan fingerprint density at radius 3 is 3.12 bits per heavy atom. The number of amides is 1. The molecular formula is C19H26N2O3. The minimum atomic E-state index is -0.00947. The first-order valence-corrected chi connectivity index (χ1v) is 8.65. The first kappa shape index (κ1) is 17.0. The number of hydrogen-bond donors (Lipinski definition) is 1. The molecule has 130 valence electrons. The molecule has 0 aliphatic carbocycles. The fourth-order valence-corrected chi connectivity index (χ4v) is 3.40. The second-order valence-electron chi connectivity index (χ2n) is 6.62. The first-order valence-electron chi connectivity index (χ1n) is 8.65. The molecule has 2 aromatic rings. The molecule has 5 heteroatoms. The number of hydrogen-bond acceptors (Lipinski definition) is 4. The van der Waals surface area contributed by atoms with Gasteiger partial charge in [0.25, 0.3) is 5.91 Å². The van der Waals surface area contributed by atoms with Crippen LogP contribution >= 0.6 is 0 Å². The zero-order valence-corrected chi connectivity index (χ0v) is 14.5. The summed E-state index contributed by atoms with van der Waals surface area (Å²) in [7, 11) is 1.74. The predicted molar refractivity (Wildman–Crippen MR) is 94.3 cm³/mol. The summed E-state index contributed by atoms with van der Waals surface area (Å²) in [4.78, 5) is 14.8. The van der Waals surface area contributed by atoms with Crippen LogP contribution in [0.25, 0.3) is 11.0 Å². The van der Waals surface area contributed by atoms with E-state index in [1.807, 2.05) is 31.2 Å². The van der Waals surface area contributed by atoms with Crippen molar-refractivity contribution < 1.29 is 13.9 Å². The van der Waals surface area contributed by atoms with Crippen LogP contribution in [0.4, 0.5) is 0 Å². The first-order chi connectivity index (χ1) is 11.7. The molecule has 0 spiro atoms. The Kier molecular flexibility index (Phi) is 5.53. The van der Waals surface area contributed by atoms with Crippen LogP contribution < -0.4 is 5.32 Å². The molecule has 0 unspecified atom stereocenters. The molecule has 5 nitrogen and oxygen atoms in total. The van der Waals surface area contributed by atoms with E-state index in [1.165, 1.54) is 12.8 Å². The summed E-state index contributed by atoms with van der Waals surface area (Å²) in [5.41, 5.74) is 1.51. The molecule has 2 heterocycles. The highest BCUT2D eigenvalue weighted by Gasteiger charge is 2.20. The van der Waals surface area contributed by atoms with E-state index >= 15 is 0 Å². The number of carbonyl (C=O) groups excluding carboxylic acids is 1. The van der Waals surface area contributed by atoms with E-state index in [0.29, 0.717) is 11.5 Å². The van der Waals surface area contributed by atoms with Gasteiger partial charge in [0.2, 0.25) is 0 Å². The summed E-state index contributed by atoms with van der Waals surface area (Å²) in [6, 6.07) is 7.55. The Balaban J connectivity index is 1.54. The number of rotatable bonds is 6. The third-order valence-corrected chi connectivity index (χ3v) is 4.67. The zero-order valence-electron chi connectivity index (χ0n) is 14.5. The van der Waals surface area contributed by atoms with Crippen molar-refractivity contribution in [2.45, 2.75) is 19.8 Å². The maximum Gasteiger partial charge on any atom is 0.251 e. The van der Waals surface area contributed by atoms with Gasteiger partial charge in [-0.1, -0.05) is 0 Å². The Bertz CT molecular complexity index is 695. The number of benzene rings is 1. The van der Waals surface area contributed by atoms with Crippen LogP contribution in [0.2, 0.25) is 0 Å². The van der Waals surface area contributed by atoms with Crippen molar-refractivity contribution in [3.63, 3.8) is 0 Å². The Hall–Kier alpha value is -1.85. The molecule has 24 heavy (non-hydrogen) atoms. The standard InChI is InChI=1S/C19H26N2O3/c1-14-10-17-11-16(5-6-18(17)24-14)19(22)20-12-15-4-3-7-21(13-15)8-9-23-2/h5-6,10-11,15H,3-4,7-9,12-13H2,1-2H3,(H,20,22)/t15-/m1/s1. The molecule has 1 aliphatic heterocycles. The number of ether oxygens (including phenoxy) is 1. The van der Waals surface area contributed by atoms with Crippen LogP contribution in [0.5, 0.6) is 0 Å². The fourth-order valence-electron chi connectivity index (χ4n) is 3.40. The van der Waals surface area contributed by atoms with Crippen LogP contribution in [0.15, 0.2) is 28.7 Å². The van der Waals surface area contributed by atoms with Gasteiger partial charge in [0, 0.05) is 37.7 Å². The van der Waals surface area contributed by atoms with Crippen molar-refractivity contribution in [3.05, 3.63) is 35.6 Å². The van der Waals surface area contributed by atoms with E-state index in [1.54, 1.807) is 7.11 Å². The number of fused-ring (bicyclic) bond motifs is 1. The van der Waals surface area contributed by atoms with Crippen molar-refractivity contribution >= 4 is 16.9 Å². The van der Waals surface area contributed by atoms with Gasteiger partial charge in [-0.05, 0) is 56.5 Å². The van der Waals surface area contributed by atoms with Crippen molar-refractivity contribution in [2.75, 3.05) is 39.9 Å². The minimum absolute atomic E-state index is 0.00947. The average molecular weight is 330 g/mol. The number of likely N-dealkylation sites (tertiary alicyclic amines) is 1. The van der Waals surface area contributed by atoms with Crippen molar-refractivity contribution in [2.24, 2.45) is 5.92 Å². The maximum absolute atomic E-state index is 12.4. The monoisotopic (exact) mass is 330 g/mol. The molecule has 0 saturated carbocycles. The molecule has 1 amide bonds. The number of carbonyl (C=O) groups is 1. The Labute approximate surface area is 143 Å². The molecule has 3 rings (SSSR count). The van der Waals surface area contributed by atoms with Crippen LogP contribution in [-0.2, 0) is 4.74 Å². The van der Waals surface area contributed by atoms with Gasteiger partial charge in [-0.2, -0.15) is 0 Å². The van der Waals surface area contributed by atoms with Crippen molar-refractivity contribution in [3.8, 4) is 0 Å². The number of nitrogens with zero attached hydrogens (tertiary/aromatic N) is 1. The minimum Gasteiger partial charge on any atom is -0.461 e. The largest absolute Gasteiger partial charge is 0.461 e. The third kappa shape index (κ3) is 4.16. The second kappa shape index (κ2) is 7.81. The van der Waals surface area contributed by atoms with Crippen LogP contribution in [0, 0.1) is 12.8 Å². The summed E-state index contributed by atoms with van der Waals surface area (Å²) < 4.78 is 10.7. The summed E-state index contributed by atoms with van der Waals surface area (Å²) in [6.07, 6.45) is 2.36. The number of methoxy groups -OCH3 is 1. The lowest BCUT2D eigenvalue weighted by Crippen LogP contribution is -2.42. The highest BCUT2D eigenvalue weighted by atomic mass is 16.5. The van der Waals surface area contributed by atoms with Gasteiger partial charge < -0.3 is 19.4 Å². The lowest BCUT2D eigenvalue weighted by Gasteiger charge is -2.32. The summed E-state index contributed by atoms with van der Waals surface area (Å²) in [6.45, 7) is 6.54. The van der Waals surface area contributed by atoms with E-state index in [-0.39, 0.29) is 5.91 Å². The van der Waals surface area contributed by atoms with Gasteiger partial charge in [-0.3, -0.25) is 4.79 Å². The molecule has 1 aliphatic rings.